The molecule has 122 valence electrons. The maximum atomic E-state index is 11.4. The van der Waals surface area contributed by atoms with E-state index in [1.807, 2.05) is 75.4 Å². The van der Waals surface area contributed by atoms with Gasteiger partial charge in [0.2, 0.25) is 0 Å². The highest BCUT2D eigenvalue weighted by atomic mass is 16.6. The molecule has 0 aliphatic carbocycles. The van der Waals surface area contributed by atoms with Crippen LogP contribution in [0.4, 0.5) is 0 Å². The lowest BCUT2D eigenvalue weighted by atomic mass is 10.2. The minimum absolute atomic E-state index is 0.270. The lowest BCUT2D eigenvalue weighted by Crippen LogP contribution is -2.23. The van der Waals surface area contributed by atoms with Crippen LogP contribution >= 0.6 is 0 Å². The van der Waals surface area contributed by atoms with Crippen molar-refractivity contribution in [2.45, 2.75) is 26.4 Å². The van der Waals surface area contributed by atoms with E-state index in [-0.39, 0.29) is 5.97 Å². The van der Waals surface area contributed by atoms with Crippen molar-refractivity contribution < 1.29 is 14.3 Å². The van der Waals surface area contributed by atoms with E-state index in [1.165, 1.54) is 0 Å². The van der Waals surface area contributed by atoms with Gasteiger partial charge < -0.3 is 9.47 Å². The monoisotopic (exact) mass is 312 g/mol. The molecule has 0 radical (unpaired) electrons. The Balaban J connectivity index is 0.000000238. The highest BCUT2D eigenvalue weighted by Crippen LogP contribution is 2.11. The predicted octanol–water partition coefficient (Wildman–Crippen LogP) is 4.95. The van der Waals surface area contributed by atoms with Crippen molar-refractivity contribution in [1.82, 2.24) is 0 Å². The van der Waals surface area contributed by atoms with E-state index in [4.69, 9.17) is 9.47 Å². The molecule has 0 amide bonds. The summed E-state index contributed by atoms with van der Waals surface area (Å²) in [5.41, 5.74) is 1.33. The third-order valence-electron chi connectivity index (χ3n) is 2.60. The molecule has 0 N–H and O–H groups in total. The van der Waals surface area contributed by atoms with E-state index >= 15 is 0 Å². The van der Waals surface area contributed by atoms with Crippen molar-refractivity contribution in [1.29, 1.82) is 0 Å². The number of carbonyl (C=O) groups is 1. The summed E-state index contributed by atoms with van der Waals surface area (Å²) in [6.07, 6.45) is 3.58. The largest absolute Gasteiger partial charge is 0.504 e. The van der Waals surface area contributed by atoms with Gasteiger partial charge in [0.1, 0.15) is 5.60 Å². The van der Waals surface area contributed by atoms with Gasteiger partial charge in [-0.05, 0) is 44.5 Å². The molecule has 3 nitrogen and oxygen atoms in total. The van der Waals surface area contributed by atoms with Crippen LogP contribution < -0.4 is 0 Å². The molecule has 0 saturated carbocycles. The highest BCUT2D eigenvalue weighted by Gasteiger charge is 2.16. The van der Waals surface area contributed by atoms with Crippen LogP contribution in [0.5, 0.6) is 0 Å². The van der Waals surface area contributed by atoms with Gasteiger partial charge in [0.15, 0.2) is 0 Å². The Kier molecular flexibility index (Phi) is 7.61. The number of carbonyl (C=O) groups excluding carboxylic acids is 1. The minimum atomic E-state index is -0.424. The highest BCUT2D eigenvalue weighted by molar-refractivity contribution is 5.89. The van der Waals surface area contributed by atoms with E-state index in [9.17, 15) is 4.79 Å². The first-order valence-electron chi connectivity index (χ1n) is 7.45. The van der Waals surface area contributed by atoms with Crippen LogP contribution in [0.1, 0.15) is 36.7 Å². The van der Waals surface area contributed by atoms with E-state index < -0.39 is 5.60 Å². The van der Waals surface area contributed by atoms with E-state index in [0.29, 0.717) is 5.56 Å². The quantitative estimate of drug-likeness (QED) is 0.594. The van der Waals surface area contributed by atoms with Crippen LogP contribution in [0.15, 0.2) is 66.9 Å². The van der Waals surface area contributed by atoms with Gasteiger partial charge in [0.25, 0.3) is 0 Å². The third-order valence-corrected chi connectivity index (χ3v) is 2.60. The van der Waals surface area contributed by atoms with E-state index in [0.717, 1.165) is 5.56 Å². The van der Waals surface area contributed by atoms with Crippen LogP contribution in [0.3, 0.4) is 0 Å². The number of ether oxygens (including phenoxy) is 2. The molecule has 2 aromatic carbocycles. The minimum Gasteiger partial charge on any atom is -0.504 e. The smallest absolute Gasteiger partial charge is 0.338 e. The van der Waals surface area contributed by atoms with Crippen LogP contribution in [-0.4, -0.2) is 18.7 Å². The third kappa shape index (κ3) is 8.47. The summed E-state index contributed by atoms with van der Waals surface area (Å²) >= 11 is 0. The first kappa shape index (κ1) is 18.5. The van der Waals surface area contributed by atoms with Crippen molar-refractivity contribution in [3.8, 4) is 0 Å². The number of hydrogen-bond donors (Lipinski definition) is 0. The molecule has 0 saturated heterocycles. The summed E-state index contributed by atoms with van der Waals surface area (Å²) in [6, 6.07) is 19.0. The summed E-state index contributed by atoms with van der Waals surface area (Å²) < 4.78 is 9.95. The van der Waals surface area contributed by atoms with Gasteiger partial charge in [0.05, 0.1) is 18.9 Å². The number of methoxy groups -OCH3 is 1. The van der Waals surface area contributed by atoms with Crippen LogP contribution in [-0.2, 0) is 9.47 Å². The molecule has 0 heterocycles. The maximum absolute atomic E-state index is 11.4. The number of hydrogen-bond acceptors (Lipinski definition) is 3. The van der Waals surface area contributed by atoms with E-state index in [2.05, 4.69) is 0 Å². The fraction of sp³-hybridized carbons (Fsp3) is 0.250. The summed E-state index contributed by atoms with van der Waals surface area (Å²) in [5, 5.41) is 0. The Morgan fingerprint density at radius 1 is 0.913 bits per heavy atom. The molecule has 23 heavy (non-hydrogen) atoms. The number of benzene rings is 2. The van der Waals surface area contributed by atoms with Gasteiger partial charge in [-0.25, -0.2) is 4.79 Å². The van der Waals surface area contributed by atoms with Crippen molar-refractivity contribution in [2.75, 3.05) is 7.11 Å². The average molecular weight is 312 g/mol. The fourth-order valence-electron chi connectivity index (χ4n) is 1.62. The normalized spacial score (nSPS) is 10.6. The van der Waals surface area contributed by atoms with Crippen LogP contribution in [0.2, 0.25) is 0 Å². The van der Waals surface area contributed by atoms with Gasteiger partial charge in [-0.2, -0.15) is 0 Å². The number of esters is 1. The lowest BCUT2D eigenvalue weighted by molar-refractivity contribution is 0.00695. The second kappa shape index (κ2) is 9.46. The molecule has 0 spiro atoms. The summed E-state index contributed by atoms with van der Waals surface area (Å²) in [4.78, 5) is 11.4. The fourth-order valence-corrected chi connectivity index (χ4v) is 1.62. The van der Waals surface area contributed by atoms with Gasteiger partial charge in [-0.15, -0.1) is 0 Å². The molecule has 0 aromatic heterocycles. The second-order valence-corrected chi connectivity index (χ2v) is 5.82. The molecule has 0 bridgehead atoms. The lowest BCUT2D eigenvalue weighted by Gasteiger charge is -2.19. The van der Waals surface area contributed by atoms with E-state index in [1.54, 1.807) is 25.5 Å². The van der Waals surface area contributed by atoms with Gasteiger partial charge in [-0.3, -0.25) is 0 Å². The zero-order chi connectivity index (χ0) is 17.1. The SMILES string of the molecule is CC(C)(C)OC(=O)c1ccccc1.COC=Cc1ccccc1. The second-order valence-electron chi connectivity index (χ2n) is 5.82. The van der Waals surface area contributed by atoms with Crippen LogP contribution in [0, 0.1) is 0 Å². The molecule has 0 aliphatic heterocycles. The molecular formula is C20H24O3. The Hall–Kier alpha value is -2.55. The average Bonchev–Trinajstić information content (AvgIpc) is 2.54. The Labute approximate surface area is 138 Å². The Morgan fingerprint density at radius 2 is 1.43 bits per heavy atom. The number of rotatable bonds is 3. The zero-order valence-corrected chi connectivity index (χ0v) is 14.2. The van der Waals surface area contributed by atoms with Gasteiger partial charge in [-0.1, -0.05) is 48.5 Å². The first-order chi connectivity index (χ1) is 10.9. The standard InChI is InChI=1S/C11H14O2.C9H10O/c1-11(2,3)13-10(12)9-7-5-4-6-8-9;1-10-8-7-9-5-3-2-4-6-9/h4-8H,1-3H3;2-8H,1H3. The molecule has 2 aromatic rings. The molecule has 0 fully saturated rings. The molecule has 0 unspecified atom stereocenters. The zero-order valence-electron chi connectivity index (χ0n) is 14.2. The summed E-state index contributed by atoms with van der Waals surface area (Å²) in [7, 11) is 1.64. The van der Waals surface area contributed by atoms with Crippen molar-refractivity contribution >= 4 is 12.0 Å². The van der Waals surface area contributed by atoms with Crippen molar-refractivity contribution in [2.24, 2.45) is 0 Å². The summed E-state index contributed by atoms with van der Waals surface area (Å²) in [6.45, 7) is 5.56. The molecule has 0 aliphatic rings. The topological polar surface area (TPSA) is 35.5 Å². The van der Waals surface area contributed by atoms with Crippen molar-refractivity contribution in [3.05, 3.63) is 78.1 Å². The first-order valence-corrected chi connectivity index (χ1v) is 7.45. The molecular weight excluding hydrogens is 288 g/mol. The Bertz CT molecular complexity index is 596. The molecule has 2 rings (SSSR count). The van der Waals surface area contributed by atoms with Crippen LogP contribution in [0.25, 0.3) is 6.08 Å². The van der Waals surface area contributed by atoms with Gasteiger partial charge >= 0.3 is 5.97 Å². The molecule has 0 atom stereocenters. The maximum Gasteiger partial charge on any atom is 0.338 e. The summed E-state index contributed by atoms with van der Waals surface area (Å²) in [5.74, 6) is -0.270. The Morgan fingerprint density at radius 3 is 1.91 bits per heavy atom. The van der Waals surface area contributed by atoms with Gasteiger partial charge in [0, 0.05) is 0 Å². The predicted molar refractivity (Wildman–Crippen MR) is 94.1 cm³/mol. The van der Waals surface area contributed by atoms with Crippen molar-refractivity contribution in [3.63, 3.8) is 0 Å². The molecule has 3 heteroatoms.